The molecule has 102 valence electrons. The van der Waals surface area contributed by atoms with E-state index in [1.165, 1.54) is 0 Å². The van der Waals surface area contributed by atoms with Crippen molar-refractivity contribution >= 4 is 17.5 Å². The van der Waals surface area contributed by atoms with E-state index in [0.29, 0.717) is 12.1 Å². The maximum atomic E-state index is 11.9. The van der Waals surface area contributed by atoms with Gasteiger partial charge in [-0.05, 0) is 23.6 Å². The van der Waals surface area contributed by atoms with Crippen molar-refractivity contribution in [3.8, 4) is 0 Å². The molecule has 0 aliphatic heterocycles. The summed E-state index contributed by atoms with van der Waals surface area (Å²) in [5.74, 6) is -3.20. The molecule has 0 aliphatic carbocycles. The summed E-state index contributed by atoms with van der Waals surface area (Å²) >= 11 is 0. The van der Waals surface area contributed by atoms with Crippen LogP contribution in [0.5, 0.6) is 0 Å². The third kappa shape index (κ3) is 3.20. The zero-order valence-electron chi connectivity index (χ0n) is 10.6. The number of Topliss-reactive ketones (excluding diaryl/α,β-unsaturated/α-hetero) is 2. The van der Waals surface area contributed by atoms with E-state index in [1.807, 2.05) is 30.3 Å². The number of benzene rings is 1. The summed E-state index contributed by atoms with van der Waals surface area (Å²) in [6.45, 7) is 0. The molecule has 2 aromatic rings. The first kappa shape index (κ1) is 13.7. The van der Waals surface area contributed by atoms with E-state index in [4.69, 9.17) is 5.11 Å². The molecule has 5 heteroatoms. The van der Waals surface area contributed by atoms with Crippen LogP contribution < -0.4 is 0 Å². The number of rotatable bonds is 6. The first-order valence-corrected chi connectivity index (χ1v) is 6.07. The molecule has 1 aromatic carbocycles. The van der Waals surface area contributed by atoms with Gasteiger partial charge in [0.15, 0.2) is 5.78 Å². The number of carboxylic acid groups (broad SMARTS) is 1. The highest BCUT2D eigenvalue weighted by atomic mass is 16.4. The number of aromatic nitrogens is 1. The molecule has 0 aliphatic rings. The van der Waals surface area contributed by atoms with Crippen LogP contribution in [0.15, 0.2) is 42.6 Å². The zero-order valence-corrected chi connectivity index (χ0v) is 10.6. The van der Waals surface area contributed by atoms with E-state index in [0.717, 1.165) is 11.1 Å². The minimum Gasteiger partial charge on any atom is -0.475 e. The van der Waals surface area contributed by atoms with E-state index < -0.39 is 24.0 Å². The number of carbonyl (C=O) groups is 3. The number of carbonyl (C=O) groups excluding carboxylic acids is 2. The lowest BCUT2D eigenvalue weighted by Crippen LogP contribution is -2.18. The Morgan fingerprint density at radius 1 is 1.05 bits per heavy atom. The SMILES string of the molecule is O=C(O)C(=O)CC(=O)c1[nH]ccc1Cc1ccccc1. The van der Waals surface area contributed by atoms with Crippen molar-refractivity contribution in [3.63, 3.8) is 0 Å². The molecule has 2 rings (SSSR count). The minimum atomic E-state index is -1.59. The van der Waals surface area contributed by atoms with Crippen LogP contribution in [0.4, 0.5) is 0 Å². The van der Waals surface area contributed by atoms with Gasteiger partial charge in [-0.15, -0.1) is 0 Å². The van der Waals surface area contributed by atoms with Gasteiger partial charge in [0, 0.05) is 6.20 Å². The van der Waals surface area contributed by atoms with Gasteiger partial charge in [0.05, 0.1) is 12.1 Å². The van der Waals surface area contributed by atoms with Crippen molar-refractivity contribution in [2.45, 2.75) is 12.8 Å². The van der Waals surface area contributed by atoms with Crippen molar-refractivity contribution in [2.75, 3.05) is 0 Å². The molecule has 0 unspecified atom stereocenters. The number of H-pyrrole nitrogens is 1. The Morgan fingerprint density at radius 3 is 2.40 bits per heavy atom. The number of ketones is 2. The van der Waals surface area contributed by atoms with Crippen LogP contribution in [-0.2, 0) is 16.0 Å². The first-order chi connectivity index (χ1) is 9.58. The summed E-state index contributed by atoms with van der Waals surface area (Å²) in [4.78, 5) is 36.2. The predicted molar refractivity (Wildman–Crippen MR) is 71.6 cm³/mol. The van der Waals surface area contributed by atoms with Gasteiger partial charge >= 0.3 is 5.97 Å². The van der Waals surface area contributed by atoms with Crippen molar-refractivity contribution in [3.05, 3.63) is 59.4 Å². The van der Waals surface area contributed by atoms with E-state index in [-0.39, 0.29) is 0 Å². The number of carboxylic acids is 1. The third-order valence-corrected chi connectivity index (χ3v) is 2.91. The highest BCUT2D eigenvalue weighted by Gasteiger charge is 2.20. The van der Waals surface area contributed by atoms with Crippen LogP contribution in [0.25, 0.3) is 0 Å². The third-order valence-electron chi connectivity index (χ3n) is 2.91. The standard InChI is InChI=1S/C15H13NO4/c17-12(9-13(18)15(19)20)14-11(6-7-16-14)8-10-4-2-1-3-5-10/h1-7,16H,8-9H2,(H,19,20). The van der Waals surface area contributed by atoms with Gasteiger partial charge in [0.25, 0.3) is 0 Å². The van der Waals surface area contributed by atoms with E-state index in [1.54, 1.807) is 12.3 Å². The van der Waals surface area contributed by atoms with Gasteiger partial charge < -0.3 is 10.1 Å². The molecule has 0 saturated heterocycles. The molecule has 0 amide bonds. The predicted octanol–water partition coefficient (Wildman–Crippen LogP) is 1.83. The lowest BCUT2D eigenvalue weighted by Gasteiger charge is -2.03. The molecule has 5 nitrogen and oxygen atoms in total. The van der Waals surface area contributed by atoms with Gasteiger partial charge in [-0.25, -0.2) is 4.79 Å². The molecule has 0 bridgehead atoms. The summed E-state index contributed by atoms with van der Waals surface area (Å²) in [7, 11) is 0. The second-order valence-corrected chi connectivity index (χ2v) is 4.37. The monoisotopic (exact) mass is 271 g/mol. The van der Waals surface area contributed by atoms with Crippen molar-refractivity contribution in [2.24, 2.45) is 0 Å². The lowest BCUT2D eigenvalue weighted by atomic mass is 10.0. The lowest BCUT2D eigenvalue weighted by molar-refractivity contribution is -0.148. The van der Waals surface area contributed by atoms with Crippen molar-refractivity contribution in [1.82, 2.24) is 4.98 Å². The van der Waals surface area contributed by atoms with Gasteiger partial charge in [-0.3, -0.25) is 9.59 Å². The maximum absolute atomic E-state index is 11.9. The molecular weight excluding hydrogens is 258 g/mol. The molecule has 2 N–H and O–H groups in total. The minimum absolute atomic E-state index is 0.295. The molecular formula is C15H13NO4. The normalized spacial score (nSPS) is 10.2. The molecule has 0 radical (unpaired) electrons. The number of nitrogens with one attached hydrogen (secondary N) is 1. The fraction of sp³-hybridized carbons (Fsp3) is 0.133. The molecule has 0 saturated carbocycles. The summed E-state index contributed by atoms with van der Waals surface area (Å²) in [5, 5.41) is 8.52. The van der Waals surface area contributed by atoms with E-state index in [2.05, 4.69) is 4.98 Å². The summed E-state index contributed by atoms with van der Waals surface area (Å²) in [6, 6.07) is 11.3. The van der Waals surface area contributed by atoms with Crippen molar-refractivity contribution in [1.29, 1.82) is 0 Å². The highest BCUT2D eigenvalue weighted by molar-refractivity contribution is 6.37. The topological polar surface area (TPSA) is 87.2 Å². The molecule has 20 heavy (non-hydrogen) atoms. The van der Waals surface area contributed by atoms with Crippen LogP contribution >= 0.6 is 0 Å². The Labute approximate surface area is 115 Å². The van der Waals surface area contributed by atoms with Crippen LogP contribution in [0, 0.1) is 0 Å². The van der Waals surface area contributed by atoms with Gasteiger partial charge in [-0.2, -0.15) is 0 Å². The second kappa shape index (κ2) is 5.97. The number of aliphatic carboxylic acids is 1. The molecule has 0 fully saturated rings. The van der Waals surface area contributed by atoms with Crippen molar-refractivity contribution < 1.29 is 19.5 Å². The van der Waals surface area contributed by atoms with Gasteiger partial charge in [0.1, 0.15) is 0 Å². The highest BCUT2D eigenvalue weighted by Crippen LogP contribution is 2.15. The van der Waals surface area contributed by atoms with Crippen LogP contribution in [-0.4, -0.2) is 27.6 Å². The number of hydrogen-bond acceptors (Lipinski definition) is 3. The summed E-state index contributed by atoms with van der Waals surface area (Å²) in [5.41, 5.74) is 2.08. The van der Waals surface area contributed by atoms with Crippen LogP contribution in [0.1, 0.15) is 28.0 Å². The fourth-order valence-electron chi connectivity index (χ4n) is 1.93. The quantitative estimate of drug-likeness (QED) is 0.476. The Balaban J connectivity index is 2.14. The molecule has 1 aromatic heterocycles. The molecule has 0 spiro atoms. The van der Waals surface area contributed by atoms with E-state index >= 15 is 0 Å². The average molecular weight is 271 g/mol. The fourth-order valence-corrected chi connectivity index (χ4v) is 1.93. The number of aromatic amines is 1. The van der Waals surface area contributed by atoms with Crippen LogP contribution in [0.3, 0.4) is 0 Å². The summed E-state index contributed by atoms with van der Waals surface area (Å²) < 4.78 is 0. The molecule has 0 atom stereocenters. The van der Waals surface area contributed by atoms with E-state index in [9.17, 15) is 14.4 Å². The van der Waals surface area contributed by atoms with Gasteiger partial charge in [0.2, 0.25) is 5.78 Å². The number of hydrogen-bond donors (Lipinski definition) is 2. The van der Waals surface area contributed by atoms with Crippen LogP contribution in [0.2, 0.25) is 0 Å². The Hall–Kier alpha value is -2.69. The Morgan fingerprint density at radius 2 is 1.75 bits per heavy atom. The second-order valence-electron chi connectivity index (χ2n) is 4.37. The van der Waals surface area contributed by atoms with Gasteiger partial charge in [-0.1, -0.05) is 30.3 Å². The summed E-state index contributed by atoms with van der Waals surface area (Å²) in [6.07, 6.45) is 1.53. The smallest absolute Gasteiger partial charge is 0.372 e. The Bertz CT molecular complexity index is 643. The Kier molecular flexibility index (Phi) is 4.10. The molecule has 1 heterocycles. The largest absolute Gasteiger partial charge is 0.475 e. The average Bonchev–Trinajstić information content (AvgIpc) is 2.88. The maximum Gasteiger partial charge on any atom is 0.372 e. The first-order valence-electron chi connectivity index (χ1n) is 6.07. The zero-order chi connectivity index (χ0) is 14.5.